The molecule has 0 radical (unpaired) electrons. The molecule has 0 heterocycles. The van der Waals surface area contributed by atoms with E-state index >= 15 is 0 Å². The minimum atomic E-state index is -0.0883. The van der Waals surface area contributed by atoms with Gasteiger partial charge < -0.3 is 20.5 Å². The van der Waals surface area contributed by atoms with Gasteiger partial charge in [0.1, 0.15) is 0 Å². The van der Waals surface area contributed by atoms with Crippen molar-refractivity contribution in [1.29, 1.82) is 0 Å². The van der Waals surface area contributed by atoms with Crippen LogP contribution in [0.5, 0.6) is 11.5 Å². The predicted molar refractivity (Wildman–Crippen MR) is 82.7 cm³/mol. The normalized spacial score (nSPS) is 10.0. The van der Waals surface area contributed by atoms with E-state index in [2.05, 4.69) is 10.6 Å². The third-order valence-corrected chi connectivity index (χ3v) is 2.95. The Labute approximate surface area is 123 Å². The van der Waals surface area contributed by atoms with Gasteiger partial charge in [0.05, 0.1) is 7.11 Å². The van der Waals surface area contributed by atoms with Crippen LogP contribution < -0.4 is 15.4 Å². The fraction of sp³-hybridized carbons (Fsp3) is 0.188. The molecule has 0 spiro atoms. The Hall–Kier alpha value is -2.69. The highest BCUT2D eigenvalue weighted by Gasteiger charge is 2.02. The van der Waals surface area contributed by atoms with Crippen molar-refractivity contribution in [1.82, 2.24) is 0 Å². The second-order valence-corrected chi connectivity index (χ2v) is 4.62. The third kappa shape index (κ3) is 4.14. The molecule has 0 atom stereocenters. The van der Waals surface area contributed by atoms with Crippen molar-refractivity contribution in [3.05, 3.63) is 48.0 Å². The molecular weight excluding hydrogens is 268 g/mol. The average molecular weight is 286 g/mol. The molecule has 0 aromatic heterocycles. The summed E-state index contributed by atoms with van der Waals surface area (Å²) in [6.45, 7) is 2.09. The van der Waals surface area contributed by atoms with Crippen LogP contribution in [0.3, 0.4) is 0 Å². The van der Waals surface area contributed by atoms with E-state index in [0.717, 1.165) is 16.9 Å². The lowest BCUT2D eigenvalue weighted by Gasteiger charge is -2.10. The third-order valence-electron chi connectivity index (χ3n) is 2.95. The van der Waals surface area contributed by atoms with Crippen molar-refractivity contribution in [2.45, 2.75) is 13.5 Å². The van der Waals surface area contributed by atoms with Crippen LogP contribution in [-0.4, -0.2) is 18.1 Å². The summed E-state index contributed by atoms with van der Waals surface area (Å²) in [7, 11) is 1.51. The monoisotopic (exact) mass is 286 g/mol. The number of carbonyl (C=O) groups excluding carboxylic acids is 1. The summed E-state index contributed by atoms with van der Waals surface area (Å²) in [6, 6.07) is 12.7. The minimum absolute atomic E-state index is 0.0883. The summed E-state index contributed by atoms with van der Waals surface area (Å²) in [4.78, 5) is 10.9. The summed E-state index contributed by atoms with van der Waals surface area (Å²) >= 11 is 0. The minimum Gasteiger partial charge on any atom is -0.504 e. The zero-order valence-corrected chi connectivity index (χ0v) is 12.0. The molecule has 2 aromatic carbocycles. The Kier molecular flexibility index (Phi) is 4.66. The zero-order chi connectivity index (χ0) is 15.2. The Morgan fingerprint density at radius 3 is 2.38 bits per heavy atom. The summed E-state index contributed by atoms with van der Waals surface area (Å²) in [5.41, 5.74) is 2.65. The Morgan fingerprint density at radius 1 is 1.14 bits per heavy atom. The number of carbonyl (C=O) groups is 1. The molecule has 0 aliphatic carbocycles. The van der Waals surface area contributed by atoms with Crippen LogP contribution in [0.4, 0.5) is 11.4 Å². The molecule has 0 aliphatic heterocycles. The molecule has 2 aromatic rings. The van der Waals surface area contributed by atoms with Gasteiger partial charge in [-0.1, -0.05) is 12.1 Å². The predicted octanol–water partition coefficient (Wildman–Crippen LogP) is 2.97. The number of hydrogen-bond donors (Lipinski definition) is 3. The topological polar surface area (TPSA) is 70.6 Å². The number of ether oxygens (including phenoxy) is 1. The maximum atomic E-state index is 10.9. The second-order valence-electron chi connectivity index (χ2n) is 4.62. The lowest BCUT2D eigenvalue weighted by Crippen LogP contribution is -2.06. The lowest BCUT2D eigenvalue weighted by atomic mass is 10.2. The van der Waals surface area contributed by atoms with Gasteiger partial charge in [0, 0.05) is 30.9 Å². The van der Waals surface area contributed by atoms with Gasteiger partial charge >= 0.3 is 0 Å². The number of anilines is 2. The fourth-order valence-corrected chi connectivity index (χ4v) is 1.91. The smallest absolute Gasteiger partial charge is 0.221 e. The van der Waals surface area contributed by atoms with Crippen molar-refractivity contribution in [2.24, 2.45) is 0 Å². The van der Waals surface area contributed by atoms with E-state index in [1.54, 1.807) is 12.1 Å². The number of benzene rings is 2. The molecule has 0 aliphatic rings. The zero-order valence-electron chi connectivity index (χ0n) is 12.0. The summed E-state index contributed by atoms with van der Waals surface area (Å²) in [6.07, 6.45) is 0. The highest BCUT2D eigenvalue weighted by molar-refractivity contribution is 5.88. The van der Waals surface area contributed by atoms with Gasteiger partial charge in [0.25, 0.3) is 0 Å². The molecule has 0 unspecified atom stereocenters. The molecule has 2 rings (SSSR count). The molecule has 21 heavy (non-hydrogen) atoms. The van der Waals surface area contributed by atoms with E-state index in [-0.39, 0.29) is 11.7 Å². The average Bonchev–Trinajstić information content (AvgIpc) is 2.46. The Bertz CT molecular complexity index is 624. The van der Waals surface area contributed by atoms with Crippen LogP contribution in [0.15, 0.2) is 42.5 Å². The van der Waals surface area contributed by atoms with Crippen molar-refractivity contribution < 1.29 is 14.6 Å². The summed E-state index contributed by atoms with van der Waals surface area (Å²) in [5, 5.41) is 15.6. The maximum Gasteiger partial charge on any atom is 0.221 e. The highest BCUT2D eigenvalue weighted by atomic mass is 16.5. The van der Waals surface area contributed by atoms with E-state index in [1.807, 2.05) is 30.3 Å². The quantitative estimate of drug-likeness (QED) is 0.790. The summed E-state index contributed by atoms with van der Waals surface area (Å²) in [5.74, 6) is 0.457. The molecule has 0 bridgehead atoms. The second kappa shape index (κ2) is 6.65. The van der Waals surface area contributed by atoms with Crippen molar-refractivity contribution >= 4 is 17.3 Å². The highest BCUT2D eigenvalue weighted by Crippen LogP contribution is 2.28. The van der Waals surface area contributed by atoms with E-state index in [1.165, 1.54) is 14.0 Å². The van der Waals surface area contributed by atoms with Crippen LogP contribution >= 0.6 is 0 Å². The number of aromatic hydroxyl groups is 1. The van der Waals surface area contributed by atoms with Crippen molar-refractivity contribution in [3.63, 3.8) is 0 Å². The molecule has 0 saturated heterocycles. The first-order chi connectivity index (χ1) is 10.1. The molecule has 110 valence electrons. The van der Waals surface area contributed by atoms with Gasteiger partial charge in [-0.15, -0.1) is 0 Å². The van der Waals surface area contributed by atoms with Gasteiger partial charge in [-0.2, -0.15) is 0 Å². The number of rotatable bonds is 5. The van der Waals surface area contributed by atoms with Crippen LogP contribution in [0.1, 0.15) is 12.5 Å². The number of amides is 1. The number of phenols is 1. The first-order valence-corrected chi connectivity index (χ1v) is 6.56. The van der Waals surface area contributed by atoms with E-state index in [4.69, 9.17) is 4.74 Å². The van der Waals surface area contributed by atoms with Gasteiger partial charge in [-0.3, -0.25) is 4.79 Å². The van der Waals surface area contributed by atoms with Gasteiger partial charge in [0.15, 0.2) is 11.5 Å². The molecule has 5 nitrogen and oxygen atoms in total. The standard InChI is InChI=1S/C16H18N2O3/c1-11(19)18-13-5-3-12(4-6-13)10-17-14-7-8-16(21-2)15(20)9-14/h3-9,17,20H,10H2,1-2H3,(H,18,19). The summed E-state index contributed by atoms with van der Waals surface area (Å²) < 4.78 is 5.00. The molecule has 5 heteroatoms. The van der Waals surface area contributed by atoms with Crippen LogP contribution in [0, 0.1) is 0 Å². The lowest BCUT2D eigenvalue weighted by molar-refractivity contribution is -0.114. The van der Waals surface area contributed by atoms with E-state index in [9.17, 15) is 9.90 Å². The molecule has 0 saturated carbocycles. The number of hydrogen-bond acceptors (Lipinski definition) is 4. The van der Waals surface area contributed by atoms with Gasteiger partial charge in [-0.05, 0) is 29.8 Å². The first kappa shape index (κ1) is 14.7. The van der Waals surface area contributed by atoms with E-state index in [0.29, 0.717) is 12.3 Å². The maximum absolute atomic E-state index is 10.9. The number of phenolic OH excluding ortho intramolecular Hbond substituents is 1. The van der Waals surface area contributed by atoms with Crippen molar-refractivity contribution in [2.75, 3.05) is 17.7 Å². The Balaban J connectivity index is 1.96. The number of methoxy groups -OCH3 is 1. The molecule has 1 amide bonds. The SMILES string of the molecule is COc1ccc(NCc2ccc(NC(C)=O)cc2)cc1O. The Morgan fingerprint density at radius 2 is 1.81 bits per heavy atom. The van der Waals surface area contributed by atoms with Crippen LogP contribution in [-0.2, 0) is 11.3 Å². The number of nitrogens with one attached hydrogen (secondary N) is 2. The largest absolute Gasteiger partial charge is 0.504 e. The molecule has 3 N–H and O–H groups in total. The van der Waals surface area contributed by atoms with Crippen LogP contribution in [0.25, 0.3) is 0 Å². The van der Waals surface area contributed by atoms with E-state index < -0.39 is 0 Å². The van der Waals surface area contributed by atoms with Gasteiger partial charge in [0.2, 0.25) is 5.91 Å². The first-order valence-electron chi connectivity index (χ1n) is 6.56. The van der Waals surface area contributed by atoms with Crippen LogP contribution in [0.2, 0.25) is 0 Å². The van der Waals surface area contributed by atoms with Crippen molar-refractivity contribution in [3.8, 4) is 11.5 Å². The van der Waals surface area contributed by atoms with Gasteiger partial charge in [-0.25, -0.2) is 0 Å². The fourth-order valence-electron chi connectivity index (χ4n) is 1.91. The molecule has 0 fully saturated rings. The molecular formula is C16H18N2O3.